The van der Waals surface area contributed by atoms with Crippen molar-refractivity contribution in [2.24, 2.45) is 0 Å². The van der Waals surface area contributed by atoms with Crippen LogP contribution in [-0.2, 0) is 20.1 Å². The summed E-state index contributed by atoms with van der Waals surface area (Å²) in [5.41, 5.74) is 12.2. The molecule has 3 nitrogen and oxygen atoms in total. The van der Waals surface area contributed by atoms with E-state index in [4.69, 9.17) is 4.98 Å². The Bertz CT molecular complexity index is 2730. The van der Waals surface area contributed by atoms with E-state index in [1.54, 1.807) is 17.5 Å². The van der Waals surface area contributed by atoms with Gasteiger partial charge >= 0.3 is 0 Å². The third-order valence-corrected chi connectivity index (χ3v) is 10.3. The molecule has 0 fully saturated rings. The minimum atomic E-state index is 0. The number of benzene rings is 7. The monoisotopic (exact) mass is 888 g/mol. The smallest absolute Gasteiger partial charge is 0.0774 e. The fraction of sp³-hybridized carbons (Fsp3) is 0.0204. The van der Waals surface area contributed by atoms with Crippen LogP contribution in [0.1, 0.15) is 5.56 Å². The molecule has 7 aromatic carbocycles. The van der Waals surface area contributed by atoms with Crippen LogP contribution in [0, 0.1) is 18.4 Å². The molecule has 54 heavy (non-hydrogen) atoms. The molecule has 0 unspecified atom stereocenters. The van der Waals surface area contributed by atoms with Crippen molar-refractivity contribution in [3.63, 3.8) is 0 Å². The summed E-state index contributed by atoms with van der Waals surface area (Å²) in [5.74, 6) is 0.908. The molecule has 0 amide bonds. The topological polar surface area (TPSA) is 30.7 Å². The van der Waals surface area contributed by atoms with Gasteiger partial charge in [0.2, 0.25) is 0 Å². The van der Waals surface area contributed by atoms with Crippen LogP contribution >= 0.6 is 11.3 Å². The van der Waals surface area contributed by atoms with Crippen molar-refractivity contribution >= 4 is 43.2 Å². The van der Waals surface area contributed by atoms with E-state index >= 15 is 0 Å². The molecule has 0 saturated heterocycles. The first-order valence-electron chi connectivity index (χ1n) is 17.7. The summed E-state index contributed by atoms with van der Waals surface area (Å²) in [5, 5.41) is 7.31. The van der Waals surface area contributed by atoms with Crippen molar-refractivity contribution in [1.82, 2.24) is 14.5 Å². The molecule has 0 spiro atoms. The summed E-state index contributed by atoms with van der Waals surface area (Å²) in [6.07, 6.45) is 1.79. The summed E-state index contributed by atoms with van der Waals surface area (Å²) < 4.78 is 3.58. The first-order chi connectivity index (χ1) is 26.2. The number of hydrogen-bond donors (Lipinski definition) is 0. The number of imidazole rings is 1. The Kier molecular flexibility index (Phi) is 10.1. The number of pyridine rings is 1. The summed E-state index contributed by atoms with van der Waals surface area (Å²) >= 11 is 1.66. The number of aryl methyl sites for hydroxylation is 1. The van der Waals surface area contributed by atoms with Crippen LogP contribution in [0.2, 0.25) is 0 Å². The van der Waals surface area contributed by atoms with Crippen molar-refractivity contribution in [2.75, 3.05) is 0 Å². The van der Waals surface area contributed by atoms with Gasteiger partial charge in [0.05, 0.1) is 22.5 Å². The van der Waals surface area contributed by atoms with Gasteiger partial charge in [-0.1, -0.05) is 137 Å². The molecule has 0 aliphatic heterocycles. The average molecular weight is 888 g/mol. The number of para-hydroxylation sites is 2. The van der Waals surface area contributed by atoms with Crippen LogP contribution < -0.4 is 0 Å². The molecule has 0 atom stereocenters. The molecule has 0 bridgehead atoms. The molecular weight excluding hydrogens is 855 g/mol. The zero-order valence-corrected chi connectivity index (χ0v) is 32.6. The normalized spacial score (nSPS) is 10.9. The van der Waals surface area contributed by atoms with Gasteiger partial charge in [-0.2, -0.15) is 0 Å². The summed E-state index contributed by atoms with van der Waals surface area (Å²) in [6, 6.07) is 64.4. The first kappa shape index (κ1) is 35.1. The molecule has 3 aromatic heterocycles. The summed E-state index contributed by atoms with van der Waals surface area (Å²) in [6.45, 7) is 2.18. The number of fused-ring (bicyclic) bond motifs is 3. The third kappa shape index (κ3) is 6.81. The van der Waals surface area contributed by atoms with E-state index in [0.29, 0.717) is 0 Å². The molecule has 10 rings (SSSR count). The standard InChI is InChI=1S/C38H25N2S.C11H8N.Ir/c1-25-20-30(26-12-4-2-5-13-26)37(31(21-25)27-14-6-3-7-15-27)40-35-19-11-10-18-34(35)39-38(40)33-24-41-36-23-29-17-9-8-16-28(29)22-32(33)36;1-2-6-10(7-3-1)11-8-4-5-9-12-11;/h2-23H,1H3;1-6,8-9H;/q2*-1;. The van der Waals surface area contributed by atoms with E-state index in [1.807, 2.05) is 42.5 Å². The SMILES string of the molecule is Cc1cc(-c2ccccc2)c(-n2c(-c3[c-]sc4cc5ccccc5cc34)nc3ccccc32)c(-c2ccccc2)c1.[Ir].[c-]1ccccc1-c1ccccn1. The van der Waals surface area contributed by atoms with Gasteiger partial charge in [-0.3, -0.25) is 16.3 Å². The van der Waals surface area contributed by atoms with Gasteiger partial charge in [-0.05, 0) is 70.4 Å². The van der Waals surface area contributed by atoms with E-state index in [1.165, 1.54) is 48.7 Å². The zero-order valence-electron chi connectivity index (χ0n) is 29.4. The van der Waals surface area contributed by atoms with Gasteiger partial charge < -0.3 is 9.55 Å². The minimum Gasteiger partial charge on any atom is -0.332 e. The molecule has 1 radical (unpaired) electrons. The van der Waals surface area contributed by atoms with Crippen molar-refractivity contribution in [2.45, 2.75) is 6.92 Å². The van der Waals surface area contributed by atoms with Crippen molar-refractivity contribution in [3.05, 3.63) is 199 Å². The molecular formula is C49H33IrN3S-2. The number of hydrogen-bond acceptors (Lipinski definition) is 3. The molecule has 0 saturated carbocycles. The first-order valence-corrected chi connectivity index (χ1v) is 18.5. The van der Waals surface area contributed by atoms with Crippen LogP contribution in [0.4, 0.5) is 0 Å². The molecule has 5 heteroatoms. The predicted molar refractivity (Wildman–Crippen MR) is 222 cm³/mol. The van der Waals surface area contributed by atoms with Gasteiger partial charge in [0.1, 0.15) is 0 Å². The van der Waals surface area contributed by atoms with E-state index in [9.17, 15) is 0 Å². The fourth-order valence-corrected chi connectivity index (χ4v) is 7.89. The predicted octanol–water partition coefficient (Wildman–Crippen LogP) is 13.0. The number of aromatic nitrogens is 3. The van der Waals surface area contributed by atoms with Gasteiger partial charge in [-0.25, -0.2) is 0 Å². The van der Waals surface area contributed by atoms with E-state index in [2.05, 4.69) is 161 Å². The van der Waals surface area contributed by atoms with Crippen LogP contribution in [0.3, 0.4) is 0 Å². The minimum absolute atomic E-state index is 0. The maximum atomic E-state index is 5.29. The number of thiophene rings is 1. The molecule has 261 valence electrons. The Balaban J connectivity index is 0.000000271. The fourth-order valence-electron chi connectivity index (χ4n) is 7.02. The second kappa shape index (κ2) is 15.6. The van der Waals surface area contributed by atoms with E-state index in [-0.39, 0.29) is 20.1 Å². The number of rotatable bonds is 5. The van der Waals surface area contributed by atoms with Gasteiger partial charge in [-0.15, -0.1) is 41.3 Å². The number of nitrogens with zero attached hydrogens (tertiary/aromatic N) is 3. The van der Waals surface area contributed by atoms with Crippen LogP contribution in [0.5, 0.6) is 0 Å². The van der Waals surface area contributed by atoms with Crippen LogP contribution in [0.25, 0.3) is 82.5 Å². The van der Waals surface area contributed by atoms with Crippen molar-refractivity contribution < 1.29 is 20.1 Å². The summed E-state index contributed by atoms with van der Waals surface area (Å²) in [7, 11) is 0. The Labute approximate surface area is 332 Å². The van der Waals surface area contributed by atoms with Gasteiger partial charge in [0.15, 0.2) is 0 Å². The molecule has 10 aromatic rings. The molecule has 0 aliphatic rings. The van der Waals surface area contributed by atoms with E-state index < -0.39 is 0 Å². The molecule has 0 aliphatic carbocycles. The Morgan fingerprint density at radius 1 is 0.611 bits per heavy atom. The van der Waals surface area contributed by atoms with Crippen molar-refractivity contribution in [1.29, 1.82) is 0 Å². The Morgan fingerprint density at radius 2 is 1.24 bits per heavy atom. The van der Waals surface area contributed by atoms with E-state index in [0.717, 1.165) is 39.4 Å². The Morgan fingerprint density at radius 3 is 1.91 bits per heavy atom. The Hall–Kier alpha value is -5.97. The van der Waals surface area contributed by atoms with Gasteiger partial charge in [0, 0.05) is 37.4 Å². The maximum Gasteiger partial charge on any atom is 0.0774 e. The van der Waals surface area contributed by atoms with Crippen LogP contribution in [-0.4, -0.2) is 14.5 Å². The zero-order chi connectivity index (χ0) is 35.6. The van der Waals surface area contributed by atoms with Crippen molar-refractivity contribution in [3.8, 4) is 50.6 Å². The summed E-state index contributed by atoms with van der Waals surface area (Å²) in [4.78, 5) is 9.51. The third-order valence-electron chi connectivity index (χ3n) is 9.46. The molecule has 3 heterocycles. The quantitative estimate of drug-likeness (QED) is 0.161. The van der Waals surface area contributed by atoms with Gasteiger partial charge in [0.25, 0.3) is 0 Å². The second-order valence-electron chi connectivity index (χ2n) is 13.0. The van der Waals surface area contributed by atoms with Crippen LogP contribution in [0.15, 0.2) is 182 Å². The maximum absolute atomic E-state index is 5.29. The largest absolute Gasteiger partial charge is 0.332 e. The molecule has 0 N–H and O–H groups in total. The average Bonchev–Trinajstić information content (AvgIpc) is 3.82. The second-order valence-corrected chi connectivity index (χ2v) is 13.8.